The van der Waals surface area contributed by atoms with Gasteiger partial charge in [-0.25, -0.2) is 4.79 Å². The maximum absolute atomic E-state index is 13.6. The number of tetrazole rings is 1. The first-order chi connectivity index (χ1) is 21.5. The van der Waals surface area contributed by atoms with Gasteiger partial charge in [0.25, 0.3) is 0 Å². The smallest absolute Gasteiger partial charge is 0.410 e. The number of anilines is 1. The molecule has 4 aromatic rings. The average molecular weight is 628 g/mol. The Bertz CT molecular complexity index is 1700. The van der Waals surface area contributed by atoms with Crippen LogP contribution in [-0.2, 0) is 33.7 Å². The summed E-state index contributed by atoms with van der Waals surface area (Å²) in [5, 5.41) is 17.5. The van der Waals surface area contributed by atoms with Crippen molar-refractivity contribution in [2.75, 3.05) is 11.9 Å². The number of halogens is 1. The van der Waals surface area contributed by atoms with E-state index in [1.807, 2.05) is 63.2 Å². The summed E-state index contributed by atoms with van der Waals surface area (Å²) in [6, 6.07) is 19.4. The quantitative estimate of drug-likeness (QED) is 0.263. The zero-order chi connectivity index (χ0) is 32.0. The molecule has 2 heterocycles. The predicted molar refractivity (Wildman–Crippen MR) is 171 cm³/mol. The summed E-state index contributed by atoms with van der Waals surface area (Å²) in [6.07, 6.45) is 4.96. The molecule has 0 unspecified atom stereocenters. The molecule has 2 N–H and O–H groups in total. The number of hydrogen-bond acceptors (Lipinski definition) is 7. The van der Waals surface area contributed by atoms with Gasteiger partial charge in [-0.1, -0.05) is 48.0 Å². The molecule has 0 saturated carbocycles. The van der Waals surface area contributed by atoms with Crippen LogP contribution in [0.15, 0.2) is 79.1 Å². The van der Waals surface area contributed by atoms with Crippen LogP contribution in [0.25, 0.3) is 11.8 Å². The number of carbonyl (C=O) groups is 3. The monoisotopic (exact) mass is 627 g/mol. The third kappa shape index (κ3) is 8.54. The minimum absolute atomic E-state index is 0.287. The van der Waals surface area contributed by atoms with Crippen LogP contribution in [0.5, 0.6) is 0 Å². The van der Waals surface area contributed by atoms with Gasteiger partial charge in [0.2, 0.25) is 11.8 Å². The van der Waals surface area contributed by atoms with Gasteiger partial charge in [-0.3, -0.25) is 9.59 Å². The standard InChI is InChI=1S/C33H34ClN7O4/c1-33(2,3)45-32(44)40-16-15-23-19-27(12-9-25(23)20-40)36-31(43)28(17-22-7-5-4-6-8-22)37-30(42)14-10-24-18-26(34)11-13-29(24)41-21-35-38-39-41/h4-14,18-19,21,28H,15-17,20H2,1-3H3,(H,36,43)(H,37,42)/t28-/m0/s1. The Morgan fingerprint density at radius 2 is 1.84 bits per heavy atom. The molecule has 0 fully saturated rings. The minimum atomic E-state index is -0.860. The van der Waals surface area contributed by atoms with Crippen molar-refractivity contribution < 1.29 is 19.1 Å². The Morgan fingerprint density at radius 1 is 1.04 bits per heavy atom. The van der Waals surface area contributed by atoms with Gasteiger partial charge < -0.3 is 20.3 Å². The Balaban J connectivity index is 1.29. The van der Waals surface area contributed by atoms with Gasteiger partial charge in [-0.05, 0) is 90.7 Å². The van der Waals surface area contributed by atoms with E-state index in [1.165, 1.54) is 17.1 Å². The molecule has 1 aliphatic heterocycles. The van der Waals surface area contributed by atoms with Gasteiger partial charge in [-0.2, -0.15) is 4.68 Å². The van der Waals surface area contributed by atoms with E-state index in [4.69, 9.17) is 16.3 Å². The fourth-order valence-corrected chi connectivity index (χ4v) is 5.11. The fraction of sp³-hybridized carbons (Fsp3) is 0.273. The van der Waals surface area contributed by atoms with E-state index in [2.05, 4.69) is 26.2 Å². The first-order valence-corrected chi connectivity index (χ1v) is 14.9. The molecule has 1 aromatic heterocycles. The molecule has 0 aliphatic carbocycles. The third-order valence-electron chi connectivity index (χ3n) is 7.05. The highest BCUT2D eigenvalue weighted by Gasteiger charge is 2.26. The van der Waals surface area contributed by atoms with Crippen LogP contribution in [0.1, 0.15) is 43.0 Å². The van der Waals surface area contributed by atoms with Crippen LogP contribution >= 0.6 is 11.6 Å². The van der Waals surface area contributed by atoms with Crippen molar-refractivity contribution >= 4 is 41.3 Å². The molecule has 11 nitrogen and oxygen atoms in total. The molecule has 45 heavy (non-hydrogen) atoms. The lowest BCUT2D eigenvalue weighted by atomic mass is 9.99. The van der Waals surface area contributed by atoms with Crippen LogP contribution in [0.2, 0.25) is 5.02 Å². The van der Waals surface area contributed by atoms with Gasteiger partial charge >= 0.3 is 6.09 Å². The van der Waals surface area contributed by atoms with Crippen LogP contribution in [-0.4, -0.2) is 61.2 Å². The molecule has 0 radical (unpaired) electrons. The normalized spacial score (nSPS) is 13.6. The Morgan fingerprint density at radius 3 is 2.58 bits per heavy atom. The molecule has 0 bridgehead atoms. The Kier molecular flexibility index (Phi) is 9.58. The van der Waals surface area contributed by atoms with Crippen molar-refractivity contribution in [3.05, 3.63) is 106 Å². The van der Waals surface area contributed by atoms with Gasteiger partial charge in [-0.15, -0.1) is 5.10 Å². The van der Waals surface area contributed by atoms with Crippen LogP contribution in [0.4, 0.5) is 10.5 Å². The number of fused-ring (bicyclic) bond motifs is 1. The Labute approximate surface area is 266 Å². The van der Waals surface area contributed by atoms with E-state index in [1.54, 1.807) is 35.2 Å². The second-order valence-corrected chi connectivity index (χ2v) is 12.1. The van der Waals surface area contributed by atoms with Crippen molar-refractivity contribution in [2.24, 2.45) is 0 Å². The molecule has 1 aliphatic rings. The zero-order valence-corrected chi connectivity index (χ0v) is 26.0. The second-order valence-electron chi connectivity index (χ2n) is 11.7. The summed E-state index contributed by atoms with van der Waals surface area (Å²) in [4.78, 5) is 40.9. The number of benzene rings is 3. The first kappa shape index (κ1) is 31.4. The molecule has 3 amide bonds. The molecule has 0 saturated heterocycles. The molecule has 0 spiro atoms. The molecule has 5 rings (SSSR count). The number of hydrogen-bond donors (Lipinski definition) is 2. The maximum Gasteiger partial charge on any atom is 0.410 e. The highest BCUT2D eigenvalue weighted by molar-refractivity contribution is 6.30. The van der Waals surface area contributed by atoms with Crippen molar-refractivity contribution in [1.29, 1.82) is 0 Å². The molecular formula is C33H34ClN7O4. The van der Waals surface area contributed by atoms with Crippen LogP contribution in [0.3, 0.4) is 0 Å². The zero-order valence-electron chi connectivity index (χ0n) is 25.2. The topological polar surface area (TPSA) is 131 Å². The summed E-state index contributed by atoms with van der Waals surface area (Å²) in [6.45, 7) is 6.47. The first-order valence-electron chi connectivity index (χ1n) is 14.5. The lowest BCUT2D eigenvalue weighted by Gasteiger charge is -2.31. The number of nitrogens with zero attached hydrogens (tertiary/aromatic N) is 5. The van der Waals surface area contributed by atoms with E-state index in [-0.39, 0.29) is 18.4 Å². The number of amides is 3. The average Bonchev–Trinajstić information content (AvgIpc) is 3.54. The van der Waals surface area contributed by atoms with Gasteiger partial charge in [0.15, 0.2) is 0 Å². The van der Waals surface area contributed by atoms with Crippen molar-refractivity contribution in [3.8, 4) is 5.69 Å². The molecule has 232 valence electrons. The summed E-state index contributed by atoms with van der Waals surface area (Å²) < 4.78 is 6.99. The largest absolute Gasteiger partial charge is 0.444 e. The van der Waals surface area contributed by atoms with Crippen molar-refractivity contribution in [2.45, 2.75) is 51.8 Å². The van der Waals surface area contributed by atoms with Gasteiger partial charge in [0.1, 0.15) is 18.0 Å². The lowest BCUT2D eigenvalue weighted by molar-refractivity contribution is -0.123. The highest BCUT2D eigenvalue weighted by Crippen LogP contribution is 2.25. The predicted octanol–water partition coefficient (Wildman–Crippen LogP) is 4.99. The van der Waals surface area contributed by atoms with E-state index in [9.17, 15) is 14.4 Å². The Hall–Kier alpha value is -5.03. The molecule has 1 atom stereocenters. The summed E-state index contributed by atoms with van der Waals surface area (Å²) in [5.74, 6) is -0.815. The number of rotatable bonds is 8. The van der Waals surface area contributed by atoms with Gasteiger partial charge in [0, 0.05) is 41.9 Å². The SMILES string of the molecule is CC(C)(C)OC(=O)N1CCc2cc(NC(=O)[C@H](Cc3ccccc3)NC(=O)C=Cc3cc(Cl)ccc3-n3cnnn3)ccc2C1. The van der Waals surface area contributed by atoms with Crippen molar-refractivity contribution in [1.82, 2.24) is 30.4 Å². The summed E-state index contributed by atoms with van der Waals surface area (Å²) >= 11 is 6.20. The molecule has 3 aromatic carbocycles. The van der Waals surface area contributed by atoms with Crippen molar-refractivity contribution in [3.63, 3.8) is 0 Å². The molecule has 12 heteroatoms. The minimum Gasteiger partial charge on any atom is -0.444 e. The van der Waals surface area contributed by atoms with E-state index in [0.717, 1.165) is 16.7 Å². The fourth-order valence-electron chi connectivity index (χ4n) is 4.93. The van der Waals surface area contributed by atoms with E-state index in [0.29, 0.717) is 41.5 Å². The highest BCUT2D eigenvalue weighted by atomic mass is 35.5. The number of aromatic nitrogens is 4. The summed E-state index contributed by atoms with van der Waals surface area (Å²) in [5.41, 5.74) is 4.22. The summed E-state index contributed by atoms with van der Waals surface area (Å²) in [7, 11) is 0. The number of carbonyl (C=O) groups excluding carboxylic acids is 3. The lowest BCUT2D eigenvalue weighted by Crippen LogP contribution is -2.44. The molecular weight excluding hydrogens is 594 g/mol. The third-order valence-corrected chi connectivity index (χ3v) is 7.29. The van der Waals surface area contributed by atoms with Crippen LogP contribution < -0.4 is 10.6 Å². The van der Waals surface area contributed by atoms with E-state index < -0.39 is 17.6 Å². The second kappa shape index (κ2) is 13.7. The maximum atomic E-state index is 13.6. The van der Waals surface area contributed by atoms with Crippen LogP contribution in [0, 0.1) is 0 Å². The van der Waals surface area contributed by atoms with Gasteiger partial charge in [0.05, 0.1) is 5.69 Å². The number of nitrogens with one attached hydrogen (secondary N) is 2. The van der Waals surface area contributed by atoms with E-state index >= 15 is 0 Å². The number of ether oxygens (including phenoxy) is 1.